The summed E-state index contributed by atoms with van der Waals surface area (Å²) < 4.78 is 5.86. The molecular formula is C22H28O6S. The number of hydrogen-bond acceptors (Lipinski definition) is 5. The van der Waals surface area contributed by atoms with Gasteiger partial charge < -0.3 is 14.9 Å². The van der Waals surface area contributed by atoms with Crippen molar-refractivity contribution in [1.29, 1.82) is 0 Å². The number of aliphatic carboxylic acids is 2. The average molecular weight is 421 g/mol. The van der Waals surface area contributed by atoms with Crippen LogP contribution in [0.15, 0.2) is 18.2 Å². The minimum Gasteiger partial charge on any atom is -0.480 e. The molecule has 2 N–H and O–H groups in total. The summed E-state index contributed by atoms with van der Waals surface area (Å²) in [5.74, 6) is -3.27. The van der Waals surface area contributed by atoms with Crippen LogP contribution in [0, 0.1) is 5.41 Å². The first-order valence-electron chi connectivity index (χ1n) is 9.41. The Morgan fingerprint density at radius 3 is 1.97 bits per heavy atom. The van der Waals surface area contributed by atoms with E-state index in [-0.39, 0.29) is 17.6 Å². The molecule has 0 bridgehead atoms. The fourth-order valence-corrected chi connectivity index (χ4v) is 5.17. The summed E-state index contributed by atoms with van der Waals surface area (Å²) in [6.45, 7) is 12.7. The number of esters is 1. The topological polar surface area (TPSA) is 101 Å². The monoisotopic (exact) mass is 420 g/mol. The highest BCUT2D eigenvalue weighted by atomic mass is 32.1. The van der Waals surface area contributed by atoms with Crippen molar-refractivity contribution >= 4 is 39.3 Å². The van der Waals surface area contributed by atoms with E-state index < -0.39 is 28.7 Å². The molecule has 2 rings (SSSR count). The lowest BCUT2D eigenvalue weighted by Gasteiger charge is -2.37. The Labute approximate surface area is 174 Å². The largest absolute Gasteiger partial charge is 0.480 e. The summed E-state index contributed by atoms with van der Waals surface area (Å²) in [5.41, 5.74) is -2.59. The van der Waals surface area contributed by atoms with Gasteiger partial charge in [0, 0.05) is 4.70 Å². The Morgan fingerprint density at radius 2 is 1.55 bits per heavy atom. The summed E-state index contributed by atoms with van der Waals surface area (Å²) in [7, 11) is 0. The van der Waals surface area contributed by atoms with Crippen molar-refractivity contribution in [2.45, 2.75) is 59.3 Å². The standard InChI is InChI=1S/C22H28O6S/c1-8-28-17(23)16-15(20(2,3)4)13-10-9-12(11-14(13)29-16)22(18(24)25,19(26)27)21(5,6)7/h9-11H,8H2,1-7H3,(H,24,25)(H,26,27). The molecule has 0 saturated carbocycles. The van der Waals surface area contributed by atoms with Gasteiger partial charge in [-0.05, 0) is 40.3 Å². The average Bonchev–Trinajstić information content (AvgIpc) is 2.92. The lowest BCUT2D eigenvalue weighted by molar-refractivity contribution is -0.164. The second-order valence-electron chi connectivity index (χ2n) is 9.10. The molecule has 1 aromatic heterocycles. The Kier molecular flexibility index (Phi) is 5.87. The number of rotatable bonds is 5. The lowest BCUT2D eigenvalue weighted by Crippen LogP contribution is -2.53. The predicted molar refractivity (Wildman–Crippen MR) is 113 cm³/mol. The van der Waals surface area contributed by atoms with Crippen LogP contribution in [-0.2, 0) is 25.2 Å². The van der Waals surface area contributed by atoms with E-state index in [0.29, 0.717) is 9.58 Å². The van der Waals surface area contributed by atoms with Crippen LogP contribution in [-0.4, -0.2) is 34.7 Å². The van der Waals surface area contributed by atoms with Gasteiger partial charge in [-0.1, -0.05) is 53.7 Å². The molecule has 6 nitrogen and oxygen atoms in total. The quantitative estimate of drug-likeness (QED) is 0.531. The van der Waals surface area contributed by atoms with E-state index in [0.717, 1.165) is 10.9 Å². The van der Waals surface area contributed by atoms with E-state index in [1.165, 1.54) is 11.3 Å². The second-order valence-corrected chi connectivity index (χ2v) is 10.2. The first kappa shape index (κ1) is 22.9. The molecule has 1 aromatic carbocycles. The normalized spacial score (nSPS) is 12.8. The highest BCUT2D eigenvalue weighted by Crippen LogP contribution is 2.46. The van der Waals surface area contributed by atoms with E-state index in [4.69, 9.17) is 4.74 Å². The van der Waals surface area contributed by atoms with Crippen LogP contribution < -0.4 is 0 Å². The molecule has 7 heteroatoms. The molecule has 29 heavy (non-hydrogen) atoms. The highest BCUT2D eigenvalue weighted by Gasteiger charge is 2.57. The number of carboxylic acids is 2. The second kappa shape index (κ2) is 7.44. The predicted octanol–water partition coefficient (Wildman–Crippen LogP) is 4.83. The van der Waals surface area contributed by atoms with Gasteiger partial charge in [0.15, 0.2) is 5.41 Å². The van der Waals surface area contributed by atoms with E-state index >= 15 is 0 Å². The zero-order valence-electron chi connectivity index (χ0n) is 17.9. The molecule has 158 valence electrons. The number of thiophene rings is 1. The fraction of sp³-hybridized carbons (Fsp3) is 0.500. The number of carbonyl (C=O) groups excluding carboxylic acids is 1. The summed E-state index contributed by atoms with van der Waals surface area (Å²) in [6, 6.07) is 4.86. The maximum absolute atomic E-state index is 12.5. The minimum atomic E-state index is -2.13. The minimum absolute atomic E-state index is 0.176. The lowest BCUT2D eigenvalue weighted by atomic mass is 9.62. The van der Waals surface area contributed by atoms with Gasteiger partial charge in [0.2, 0.25) is 0 Å². The molecule has 0 unspecified atom stereocenters. The smallest absolute Gasteiger partial charge is 0.348 e. The van der Waals surface area contributed by atoms with Crippen LogP contribution in [0.5, 0.6) is 0 Å². The third-order valence-corrected chi connectivity index (χ3v) is 6.23. The molecule has 0 amide bonds. The molecule has 1 heterocycles. The number of fused-ring (bicyclic) bond motifs is 1. The Morgan fingerprint density at radius 1 is 1.00 bits per heavy atom. The van der Waals surface area contributed by atoms with Gasteiger partial charge >= 0.3 is 17.9 Å². The number of carbonyl (C=O) groups is 3. The van der Waals surface area contributed by atoms with Crippen LogP contribution in [0.3, 0.4) is 0 Å². The number of hydrogen-bond donors (Lipinski definition) is 2. The maximum atomic E-state index is 12.5. The van der Waals surface area contributed by atoms with Gasteiger partial charge in [-0.15, -0.1) is 11.3 Å². The van der Waals surface area contributed by atoms with Crippen LogP contribution in [0.1, 0.15) is 69.3 Å². The first-order chi connectivity index (χ1) is 13.2. The van der Waals surface area contributed by atoms with Gasteiger partial charge in [-0.25, -0.2) is 4.79 Å². The Balaban J connectivity index is 2.89. The molecule has 0 aliphatic rings. The number of carboxylic acid groups (broad SMARTS) is 2. The zero-order valence-corrected chi connectivity index (χ0v) is 18.7. The first-order valence-corrected chi connectivity index (χ1v) is 10.2. The SMILES string of the molecule is CCOC(=O)c1sc2cc(C(C(=O)O)(C(=O)O)C(C)(C)C)ccc2c1C(C)(C)C. The summed E-state index contributed by atoms with van der Waals surface area (Å²) in [4.78, 5) is 37.4. The number of benzene rings is 1. The fourth-order valence-electron chi connectivity index (χ4n) is 3.83. The van der Waals surface area contributed by atoms with Gasteiger partial charge in [0.25, 0.3) is 0 Å². The van der Waals surface area contributed by atoms with Gasteiger partial charge in [0.05, 0.1) is 6.61 Å². The number of ether oxygens (including phenoxy) is 1. The van der Waals surface area contributed by atoms with Crippen LogP contribution in [0.4, 0.5) is 0 Å². The van der Waals surface area contributed by atoms with Gasteiger partial charge in [0.1, 0.15) is 4.88 Å². The Bertz CT molecular complexity index is 958. The van der Waals surface area contributed by atoms with E-state index in [1.54, 1.807) is 45.9 Å². The van der Waals surface area contributed by atoms with Crippen molar-refractivity contribution in [2.24, 2.45) is 5.41 Å². The van der Waals surface area contributed by atoms with Crippen molar-refractivity contribution in [3.63, 3.8) is 0 Å². The molecule has 0 aliphatic carbocycles. The third kappa shape index (κ3) is 3.64. The van der Waals surface area contributed by atoms with Crippen molar-refractivity contribution in [1.82, 2.24) is 0 Å². The van der Waals surface area contributed by atoms with Gasteiger partial charge in [-0.3, -0.25) is 9.59 Å². The molecule has 2 aromatic rings. The van der Waals surface area contributed by atoms with Crippen molar-refractivity contribution in [2.75, 3.05) is 6.61 Å². The summed E-state index contributed by atoms with van der Waals surface area (Å²) in [5, 5.41) is 20.7. The van der Waals surface area contributed by atoms with Crippen molar-refractivity contribution < 1.29 is 29.3 Å². The van der Waals surface area contributed by atoms with Gasteiger partial charge in [-0.2, -0.15) is 0 Å². The van der Waals surface area contributed by atoms with Crippen LogP contribution in [0.2, 0.25) is 0 Å². The molecule has 0 spiro atoms. The summed E-state index contributed by atoms with van der Waals surface area (Å²) in [6.07, 6.45) is 0. The molecule has 0 fully saturated rings. The van der Waals surface area contributed by atoms with E-state index in [1.807, 2.05) is 20.8 Å². The third-order valence-electron chi connectivity index (χ3n) is 5.10. The molecule has 0 saturated heterocycles. The Hall–Kier alpha value is -2.41. The van der Waals surface area contributed by atoms with E-state index in [2.05, 4.69) is 0 Å². The van der Waals surface area contributed by atoms with Crippen molar-refractivity contribution in [3.05, 3.63) is 34.2 Å². The maximum Gasteiger partial charge on any atom is 0.348 e. The highest BCUT2D eigenvalue weighted by molar-refractivity contribution is 7.21. The molecule has 0 atom stereocenters. The summed E-state index contributed by atoms with van der Waals surface area (Å²) >= 11 is 1.20. The zero-order chi connectivity index (χ0) is 22.4. The molecule has 0 radical (unpaired) electrons. The van der Waals surface area contributed by atoms with E-state index in [9.17, 15) is 24.6 Å². The van der Waals surface area contributed by atoms with Crippen molar-refractivity contribution in [3.8, 4) is 0 Å². The van der Waals surface area contributed by atoms with Crippen LogP contribution >= 0.6 is 11.3 Å². The van der Waals surface area contributed by atoms with Crippen LogP contribution in [0.25, 0.3) is 10.1 Å². The molecular weight excluding hydrogens is 392 g/mol. The molecule has 0 aliphatic heterocycles.